The fourth-order valence-corrected chi connectivity index (χ4v) is 6.25. The van der Waals surface area contributed by atoms with Crippen molar-refractivity contribution < 1.29 is 9.84 Å². The van der Waals surface area contributed by atoms with Crippen LogP contribution in [0.5, 0.6) is 17.2 Å². The average Bonchev–Trinajstić information content (AvgIpc) is 2.86. The molecule has 5 heteroatoms. The van der Waals surface area contributed by atoms with Crippen molar-refractivity contribution in [2.75, 3.05) is 0 Å². The Morgan fingerprint density at radius 2 is 1.15 bits per heavy atom. The summed E-state index contributed by atoms with van der Waals surface area (Å²) in [5.41, 5.74) is 3.68. The summed E-state index contributed by atoms with van der Waals surface area (Å²) in [4.78, 5) is 2.18. The van der Waals surface area contributed by atoms with Gasteiger partial charge in [0.25, 0.3) is 0 Å². The predicted octanol–water partition coefficient (Wildman–Crippen LogP) is 12.1. The van der Waals surface area contributed by atoms with E-state index in [0.29, 0.717) is 0 Å². The highest BCUT2D eigenvalue weighted by Gasteiger charge is 2.26. The normalized spacial score (nSPS) is 11.7. The lowest BCUT2D eigenvalue weighted by atomic mass is 9.76. The molecular formula is C35H40Br2O2S. The summed E-state index contributed by atoms with van der Waals surface area (Å²) in [6, 6.07) is 28.3. The Morgan fingerprint density at radius 1 is 0.675 bits per heavy atom. The highest BCUT2D eigenvalue weighted by Crippen LogP contribution is 2.40. The van der Waals surface area contributed by atoms with E-state index in [1.54, 1.807) is 23.9 Å². The zero-order valence-electron chi connectivity index (χ0n) is 24.7. The van der Waals surface area contributed by atoms with E-state index >= 15 is 0 Å². The first-order valence-corrected chi connectivity index (χ1v) is 15.9. The molecule has 0 saturated carbocycles. The Balaban J connectivity index is 0.00000103. The summed E-state index contributed by atoms with van der Waals surface area (Å²) in [6.07, 6.45) is 0. The molecule has 40 heavy (non-hydrogen) atoms. The fourth-order valence-electron chi connectivity index (χ4n) is 4.00. The number of halogens is 2. The Kier molecular flexibility index (Phi) is 11.0. The van der Waals surface area contributed by atoms with Crippen molar-refractivity contribution in [1.82, 2.24) is 0 Å². The summed E-state index contributed by atoms with van der Waals surface area (Å²) in [6.45, 7) is 17.7. The average molecular weight is 685 g/mol. The highest BCUT2D eigenvalue weighted by atomic mass is 79.9. The number of benzene rings is 4. The van der Waals surface area contributed by atoms with Gasteiger partial charge in [-0.1, -0.05) is 101 Å². The van der Waals surface area contributed by atoms with Crippen molar-refractivity contribution in [2.24, 2.45) is 5.92 Å². The molecule has 0 aliphatic carbocycles. The zero-order valence-corrected chi connectivity index (χ0v) is 28.7. The van der Waals surface area contributed by atoms with Gasteiger partial charge in [-0.3, -0.25) is 0 Å². The SMILES string of the molecule is CC(C)(C)c1ccc(C(C)(C)c2ccc(Oc3ccc(Sc4ccc(O)cc4)cc3)c(Br)c2)cc1Br.CC(C)C. The van der Waals surface area contributed by atoms with Crippen LogP contribution in [0.1, 0.15) is 72.1 Å². The van der Waals surface area contributed by atoms with Crippen LogP contribution in [-0.2, 0) is 10.8 Å². The van der Waals surface area contributed by atoms with E-state index in [1.165, 1.54) is 16.7 Å². The molecule has 0 saturated heterocycles. The van der Waals surface area contributed by atoms with E-state index < -0.39 is 0 Å². The van der Waals surface area contributed by atoms with Gasteiger partial charge in [-0.15, -0.1) is 0 Å². The van der Waals surface area contributed by atoms with Crippen molar-refractivity contribution in [3.8, 4) is 17.2 Å². The molecule has 212 valence electrons. The van der Waals surface area contributed by atoms with Gasteiger partial charge in [0, 0.05) is 19.7 Å². The predicted molar refractivity (Wildman–Crippen MR) is 178 cm³/mol. The van der Waals surface area contributed by atoms with Gasteiger partial charge in [0.05, 0.1) is 4.47 Å². The lowest BCUT2D eigenvalue weighted by Gasteiger charge is -2.29. The van der Waals surface area contributed by atoms with Crippen LogP contribution in [0, 0.1) is 5.92 Å². The quantitative estimate of drug-likeness (QED) is 0.219. The molecule has 4 aromatic rings. The van der Waals surface area contributed by atoms with Crippen molar-refractivity contribution in [3.05, 3.63) is 111 Å². The van der Waals surface area contributed by atoms with Gasteiger partial charge in [0.15, 0.2) is 0 Å². The summed E-state index contributed by atoms with van der Waals surface area (Å²) < 4.78 is 8.24. The number of ether oxygens (including phenoxy) is 1. The smallest absolute Gasteiger partial charge is 0.141 e. The Morgan fingerprint density at radius 3 is 1.62 bits per heavy atom. The molecule has 2 nitrogen and oxygen atoms in total. The first kappa shape index (κ1) is 32.3. The van der Waals surface area contributed by atoms with Crippen molar-refractivity contribution in [1.29, 1.82) is 0 Å². The summed E-state index contributed by atoms with van der Waals surface area (Å²) >= 11 is 9.16. The fraction of sp³-hybridized carbons (Fsp3) is 0.314. The lowest BCUT2D eigenvalue weighted by Crippen LogP contribution is -2.20. The van der Waals surface area contributed by atoms with Crippen LogP contribution in [0.3, 0.4) is 0 Å². The zero-order chi connectivity index (χ0) is 29.7. The standard InChI is InChI=1S/C31H30Br2O2S.C4H10/c1-30(2,3)26-16-6-20(18-27(26)32)31(4,5)21-7-17-29(28(33)19-21)35-23-10-14-25(15-11-23)36-24-12-8-22(34)9-13-24;1-4(2)3/h6-19,34H,1-5H3;4H,1-3H3. The molecule has 0 aliphatic heterocycles. The van der Waals surface area contributed by atoms with E-state index in [1.807, 2.05) is 42.5 Å². The van der Waals surface area contributed by atoms with Crippen molar-refractivity contribution in [2.45, 2.75) is 76.0 Å². The number of rotatable bonds is 6. The molecule has 0 heterocycles. The number of hydrogen-bond acceptors (Lipinski definition) is 3. The van der Waals surface area contributed by atoms with E-state index in [-0.39, 0.29) is 16.6 Å². The molecule has 0 amide bonds. The molecule has 0 fully saturated rings. The molecule has 4 aromatic carbocycles. The first-order chi connectivity index (χ1) is 18.7. The minimum Gasteiger partial charge on any atom is -0.508 e. The molecule has 0 bridgehead atoms. The number of aromatic hydroxyl groups is 1. The van der Waals surface area contributed by atoms with Gasteiger partial charge in [-0.2, -0.15) is 0 Å². The van der Waals surface area contributed by atoms with Crippen LogP contribution < -0.4 is 4.74 Å². The van der Waals surface area contributed by atoms with E-state index in [0.717, 1.165) is 36.2 Å². The van der Waals surface area contributed by atoms with Gasteiger partial charge >= 0.3 is 0 Å². The van der Waals surface area contributed by atoms with Gasteiger partial charge in [0.2, 0.25) is 0 Å². The molecule has 0 aromatic heterocycles. The number of phenols is 1. The van der Waals surface area contributed by atoms with Crippen molar-refractivity contribution in [3.63, 3.8) is 0 Å². The maximum absolute atomic E-state index is 9.46. The second-order valence-corrected chi connectivity index (χ2v) is 15.0. The van der Waals surface area contributed by atoms with E-state index in [4.69, 9.17) is 4.74 Å². The topological polar surface area (TPSA) is 29.5 Å². The molecule has 4 rings (SSSR count). The molecule has 1 N–H and O–H groups in total. The maximum Gasteiger partial charge on any atom is 0.141 e. The molecule has 0 radical (unpaired) electrons. The summed E-state index contributed by atoms with van der Waals surface area (Å²) in [5, 5.41) is 9.46. The van der Waals surface area contributed by atoms with Crippen LogP contribution in [0.25, 0.3) is 0 Å². The van der Waals surface area contributed by atoms with Crippen LogP contribution >= 0.6 is 43.6 Å². The monoisotopic (exact) mass is 682 g/mol. The van der Waals surface area contributed by atoms with Crippen LogP contribution in [0.4, 0.5) is 0 Å². The third-order valence-corrected chi connectivity index (χ3v) is 8.57. The van der Waals surface area contributed by atoms with Crippen LogP contribution in [0.15, 0.2) is 104 Å². The third kappa shape index (κ3) is 8.89. The Bertz CT molecular complexity index is 1400. The summed E-state index contributed by atoms with van der Waals surface area (Å²) in [7, 11) is 0. The minimum atomic E-state index is -0.174. The first-order valence-electron chi connectivity index (χ1n) is 13.5. The van der Waals surface area contributed by atoms with Gasteiger partial charge in [0.1, 0.15) is 17.2 Å². The van der Waals surface area contributed by atoms with E-state index in [2.05, 4.69) is 118 Å². The maximum atomic E-state index is 9.46. The number of phenolic OH excluding ortho intramolecular Hbond substituents is 1. The third-order valence-electron chi connectivity index (χ3n) is 6.28. The minimum absolute atomic E-state index is 0.0892. The Labute approximate surface area is 261 Å². The van der Waals surface area contributed by atoms with Crippen molar-refractivity contribution >= 4 is 43.6 Å². The van der Waals surface area contributed by atoms with Gasteiger partial charge in [-0.25, -0.2) is 0 Å². The Hall–Kier alpha value is -2.21. The molecule has 0 aliphatic rings. The molecule has 0 unspecified atom stereocenters. The number of hydrogen-bond donors (Lipinski definition) is 1. The highest BCUT2D eigenvalue weighted by molar-refractivity contribution is 9.10. The molecular weight excluding hydrogens is 644 g/mol. The van der Waals surface area contributed by atoms with Gasteiger partial charge in [-0.05, 0) is 111 Å². The second kappa shape index (κ2) is 13.6. The largest absolute Gasteiger partial charge is 0.508 e. The lowest BCUT2D eigenvalue weighted by molar-refractivity contribution is 0.475. The molecule has 0 spiro atoms. The molecule has 0 atom stereocenters. The second-order valence-electron chi connectivity index (χ2n) is 12.1. The summed E-state index contributed by atoms with van der Waals surface area (Å²) in [5.74, 6) is 2.66. The van der Waals surface area contributed by atoms with Crippen LogP contribution in [-0.4, -0.2) is 5.11 Å². The van der Waals surface area contributed by atoms with E-state index in [9.17, 15) is 5.11 Å². The van der Waals surface area contributed by atoms with Gasteiger partial charge < -0.3 is 9.84 Å². The van der Waals surface area contributed by atoms with Crippen LogP contribution in [0.2, 0.25) is 0 Å².